The van der Waals surface area contributed by atoms with Crippen LogP contribution in [0.15, 0.2) is 107 Å². The van der Waals surface area contributed by atoms with Crippen LogP contribution < -0.4 is 5.32 Å². The predicted molar refractivity (Wildman–Crippen MR) is 140 cm³/mol. The number of anilines is 1. The van der Waals surface area contributed by atoms with E-state index in [2.05, 4.69) is 25.5 Å². The summed E-state index contributed by atoms with van der Waals surface area (Å²) in [6.07, 6.45) is 3.28. The van der Waals surface area contributed by atoms with Crippen LogP contribution in [0.4, 0.5) is 21.5 Å². The molecule has 178 valence electrons. The first-order valence-electron chi connectivity index (χ1n) is 11.7. The van der Waals surface area contributed by atoms with E-state index in [1.165, 1.54) is 12.1 Å². The Morgan fingerprint density at radius 2 is 1.64 bits per heavy atom. The second kappa shape index (κ2) is 10.7. The van der Waals surface area contributed by atoms with E-state index in [0.717, 1.165) is 33.5 Å². The zero-order chi connectivity index (χ0) is 24.7. The van der Waals surface area contributed by atoms with Crippen LogP contribution in [0.5, 0.6) is 0 Å². The number of carbonyl (C=O) groups excluding carboxylic acids is 1. The predicted octanol–water partition coefficient (Wildman–Crippen LogP) is 7.75. The van der Waals surface area contributed by atoms with Crippen LogP contribution in [0, 0.1) is 5.82 Å². The first-order chi connectivity index (χ1) is 17.7. The van der Waals surface area contributed by atoms with Gasteiger partial charge in [-0.25, -0.2) is 4.39 Å². The third-order valence-corrected chi connectivity index (χ3v) is 5.81. The van der Waals surface area contributed by atoms with Crippen LogP contribution in [-0.2, 0) is 11.2 Å². The fraction of sp³-hybridized carbons (Fsp3) is 0.103. The average Bonchev–Trinajstić information content (AvgIpc) is 3.27. The molecule has 0 radical (unpaired) electrons. The molecular weight excluding hydrogens is 453 g/mol. The Morgan fingerprint density at radius 1 is 0.889 bits per heavy atom. The highest BCUT2D eigenvalue weighted by atomic mass is 19.1. The number of nitrogens with one attached hydrogen (secondary N) is 2. The molecule has 2 heterocycles. The Kier molecular flexibility index (Phi) is 6.89. The molecule has 0 saturated carbocycles. The van der Waals surface area contributed by atoms with Crippen molar-refractivity contribution < 1.29 is 9.18 Å². The molecule has 5 aromatic rings. The summed E-state index contributed by atoms with van der Waals surface area (Å²) in [7, 11) is 0. The molecule has 5 rings (SSSR count). The third-order valence-electron chi connectivity index (χ3n) is 5.81. The van der Waals surface area contributed by atoms with Crippen molar-refractivity contribution >= 4 is 33.9 Å². The molecule has 0 atom stereocenters. The molecule has 0 aliphatic carbocycles. The van der Waals surface area contributed by atoms with Gasteiger partial charge in [0, 0.05) is 29.2 Å². The normalized spacial score (nSPS) is 11.2. The van der Waals surface area contributed by atoms with Crippen LogP contribution in [0.3, 0.4) is 0 Å². The summed E-state index contributed by atoms with van der Waals surface area (Å²) >= 11 is 0. The molecule has 0 saturated heterocycles. The second-order valence-electron chi connectivity index (χ2n) is 8.37. The lowest BCUT2D eigenvalue weighted by Crippen LogP contribution is -2.11. The van der Waals surface area contributed by atoms with Gasteiger partial charge in [-0.05, 0) is 85.1 Å². The number of halogens is 1. The summed E-state index contributed by atoms with van der Waals surface area (Å²) in [5.41, 5.74) is 5.63. The number of aromatic nitrogens is 2. The van der Waals surface area contributed by atoms with E-state index in [-0.39, 0.29) is 11.7 Å². The summed E-state index contributed by atoms with van der Waals surface area (Å²) in [6.45, 7) is 0. The lowest BCUT2D eigenvalue weighted by atomic mass is 10.0. The number of benzene rings is 3. The number of fused-ring (bicyclic) bond motifs is 1. The number of amides is 1. The van der Waals surface area contributed by atoms with Crippen LogP contribution in [-0.4, -0.2) is 15.9 Å². The van der Waals surface area contributed by atoms with Crippen molar-refractivity contribution in [2.75, 3.05) is 5.32 Å². The van der Waals surface area contributed by atoms with Crippen LogP contribution >= 0.6 is 0 Å². The number of aryl methyl sites for hydroxylation is 1. The second-order valence-corrected chi connectivity index (χ2v) is 8.37. The molecule has 2 aromatic heterocycles. The van der Waals surface area contributed by atoms with Crippen molar-refractivity contribution in [1.29, 1.82) is 0 Å². The van der Waals surface area contributed by atoms with Crippen molar-refractivity contribution in [2.24, 2.45) is 10.2 Å². The number of H-pyrrole nitrogens is 1. The number of carbonyl (C=O) groups is 1. The van der Waals surface area contributed by atoms with Crippen LogP contribution in [0.1, 0.15) is 18.4 Å². The summed E-state index contributed by atoms with van der Waals surface area (Å²) < 4.78 is 14.0. The molecule has 0 unspecified atom stereocenters. The van der Waals surface area contributed by atoms with E-state index >= 15 is 0 Å². The highest BCUT2D eigenvalue weighted by Gasteiger charge is 2.15. The van der Waals surface area contributed by atoms with E-state index in [9.17, 15) is 9.18 Å². The summed E-state index contributed by atoms with van der Waals surface area (Å²) in [4.78, 5) is 20.4. The van der Waals surface area contributed by atoms with Gasteiger partial charge in [-0.15, -0.1) is 0 Å². The van der Waals surface area contributed by atoms with Gasteiger partial charge in [0.15, 0.2) is 0 Å². The number of pyridine rings is 1. The largest absolute Gasteiger partial charge is 0.353 e. The average molecular weight is 478 g/mol. The minimum atomic E-state index is -0.292. The highest BCUT2D eigenvalue weighted by Crippen LogP contribution is 2.31. The van der Waals surface area contributed by atoms with Gasteiger partial charge < -0.3 is 10.3 Å². The van der Waals surface area contributed by atoms with Gasteiger partial charge in [-0.2, -0.15) is 10.2 Å². The molecule has 0 spiro atoms. The summed E-state index contributed by atoms with van der Waals surface area (Å²) in [5.74, 6) is -0.376. The van der Waals surface area contributed by atoms with Gasteiger partial charge in [-0.3, -0.25) is 9.78 Å². The monoisotopic (exact) mass is 477 g/mol. The van der Waals surface area contributed by atoms with Crippen molar-refractivity contribution in [2.45, 2.75) is 19.3 Å². The molecule has 2 N–H and O–H groups in total. The molecule has 3 aromatic carbocycles. The maximum atomic E-state index is 14.0. The molecule has 1 amide bonds. The number of hydrogen-bond acceptors (Lipinski definition) is 4. The number of rotatable bonds is 8. The van der Waals surface area contributed by atoms with Gasteiger partial charge in [0.25, 0.3) is 0 Å². The third kappa shape index (κ3) is 5.52. The Hall–Kier alpha value is -4.65. The molecule has 0 fully saturated rings. The first kappa shape index (κ1) is 23.1. The Labute approximate surface area is 207 Å². The first-order valence-corrected chi connectivity index (χ1v) is 11.7. The molecule has 0 aliphatic heterocycles. The zero-order valence-electron chi connectivity index (χ0n) is 19.5. The van der Waals surface area contributed by atoms with E-state index in [1.807, 2.05) is 60.7 Å². The number of aromatic amines is 1. The van der Waals surface area contributed by atoms with Gasteiger partial charge in [-0.1, -0.05) is 24.3 Å². The summed E-state index contributed by atoms with van der Waals surface area (Å²) in [5, 5.41) is 12.2. The lowest BCUT2D eigenvalue weighted by molar-refractivity contribution is -0.116. The molecule has 6 nitrogen and oxygen atoms in total. The number of nitrogens with zero attached hydrogens (tertiary/aromatic N) is 3. The maximum absolute atomic E-state index is 14.0. The molecular formula is C29H24FN5O. The fourth-order valence-corrected chi connectivity index (χ4v) is 4.08. The van der Waals surface area contributed by atoms with Gasteiger partial charge in [0.2, 0.25) is 5.91 Å². The molecule has 0 aliphatic rings. The fourth-order valence-electron chi connectivity index (χ4n) is 4.08. The Morgan fingerprint density at radius 3 is 2.39 bits per heavy atom. The smallest absolute Gasteiger partial charge is 0.224 e. The van der Waals surface area contributed by atoms with E-state index in [4.69, 9.17) is 0 Å². The van der Waals surface area contributed by atoms with E-state index < -0.39 is 0 Å². The van der Waals surface area contributed by atoms with Crippen molar-refractivity contribution in [3.63, 3.8) is 0 Å². The Balaban J connectivity index is 1.22. The van der Waals surface area contributed by atoms with Gasteiger partial charge >= 0.3 is 0 Å². The minimum Gasteiger partial charge on any atom is -0.353 e. The minimum absolute atomic E-state index is 0.0842. The topological polar surface area (TPSA) is 82.5 Å². The highest BCUT2D eigenvalue weighted by molar-refractivity contribution is 5.92. The van der Waals surface area contributed by atoms with Crippen molar-refractivity contribution in [3.8, 4) is 11.4 Å². The quantitative estimate of drug-likeness (QED) is 0.224. The van der Waals surface area contributed by atoms with Crippen LogP contribution in [0.2, 0.25) is 0 Å². The summed E-state index contributed by atoms with van der Waals surface area (Å²) in [6, 6.07) is 27.1. The van der Waals surface area contributed by atoms with E-state index in [1.54, 1.807) is 24.4 Å². The van der Waals surface area contributed by atoms with Crippen molar-refractivity contribution in [1.82, 2.24) is 9.97 Å². The lowest BCUT2D eigenvalue weighted by Gasteiger charge is -2.07. The van der Waals surface area contributed by atoms with Gasteiger partial charge in [0.1, 0.15) is 5.82 Å². The molecule has 0 bridgehead atoms. The molecule has 7 heteroatoms. The maximum Gasteiger partial charge on any atom is 0.224 e. The number of azo groups is 1. The van der Waals surface area contributed by atoms with Crippen molar-refractivity contribution in [3.05, 3.63) is 109 Å². The Bertz CT molecular complexity index is 1500. The SMILES string of the molecule is O=C(CCCc1c(-c2ccccn2)[nH]c2ccc(F)cc12)Nc1ccc(N=Nc2ccccc2)cc1. The zero-order valence-corrected chi connectivity index (χ0v) is 19.5. The number of hydrogen-bond donors (Lipinski definition) is 2. The van der Waals surface area contributed by atoms with E-state index in [0.29, 0.717) is 30.6 Å². The molecule has 36 heavy (non-hydrogen) atoms. The van der Waals surface area contributed by atoms with Gasteiger partial charge in [0.05, 0.1) is 22.8 Å². The standard InChI is InChI=1S/C29H24FN5O/c30-20-12-17-26-25(19-20)24(29(33-26)27-10-4-5-18-31-27)9-6-11-28(36)32-21-13-15-23(16-14-21)35-34-22-7-2-1-3-8-22/h1-5,7-8,10,12-19,33H,6,9,11H2,(H,32,36). The van der Waals surface area contributed by atoms with Crippen LogP contribution in [0.25, 0.3) is 22.3 Å².